The lowest BCUT2D eigenvalue weighted by molar-refractivity contribution is 0.0549. The van der Waals surface area contributed by atoms with Gasteiger partial charge in [0.05, 0.1) is 11.3 Å². The molecule has 0 atom stereocenters. The summed E-state index contributed by atoms with van der Waals surface area (Å²) in [5.41, 5.74) is 0.794. The van der Waals surface area contributed by atoms with Gasteiger partial charge in [-0.1, -0.05) is 12.2 Å². The molecule has 21 heavy (non-hydrogen) atoms. The average molecular weight is 292 g/mol. The highest BCUT2D eigenvalue weighted by Crippen LogP contribution is 2.22. The second-order valence-electron chi connectivity index (χ2n) is 5.12. The van der Waals surface area contributed by atoms with Crippen LogP contribution in [0.1, 0.15) is 17.3 Å². The molecule has 0 spiro atoms. The average Bonchev–Trinajstić information content (AvgIpc) is 2.48. The number of benzene rings is 1. The largest absolute Gasteiger partial charge is 0.458 e. The van der Waals surface area contributed by atoms with Gasteiger partial charge in [0, 0.05) is 26.2 Å². The first-order valence-corrected chi connectivity index (χ1v) is 7.13. The zero-order chi connectivity index (χ0) is 15.2. The standard InChI is InChI=1S/C16H21FN2O2/c1-3-4-11-21-16(20)13-5-6-15(14(17)12-13)19-9-7-18(2)8-10-19/h3-6,12H,7-11H2,1-2H3. The molecule has 1 aromatic carbocycles. The Kier molecular flexibility index (Phi) is 5.33. The number of hydrogen-bond donors (Lipinski definition) is 0. The number of halogens is 1. The van der Waals surface area contributed by atoms with Crippen molar-refractivity contribution in [2.75, 3.05) is 44.7 Å². The Morgan fingerprint density at radius 3 is 2.67 bits per heavy atom. The quantitative estimate of drug-likeness (QED) is 0.630. The molecule has 0 unspecified atom stereocenters. The van der Waals surface area contributed by atoms with E-state index in [1.54, 1.807) is 24.3 Å². The number of ether oxygens (including phenoxy) is 1. The summed E-state index contributed by atoms with van der Waals surface area (Å²) in [7, 11) is 2.05. The van der Waals surface area contributed by atoms with E-state index in [-0.39, 0.29) is 18.0 Å². The smallest absolute Gasteiger partial charge is 0.338 e. The minimum Gasteiger partial charge on any atom is -0.458 e. The Labute approximate surface area is 124 Å². The third-order valence-electron chi connectivity index (χ3n) is 3.57. The van der Waals surface area contributed by atoms with Gasteiger partial charge in [-0.2, -0.15) is 0 Å². The number of carbonyl (C=O) groups excluding carboxylic acids is 1. The molecule has 114 valence electrons. The molecule has 1 aliphatic heterocycles. The Balaban J connectivity index is 2.05. The first kappa shape index (κ1) is 15.5. The first-order chi connectivity index (χ1) is 10.1. The van der Waals surface area contributed by atoms with Crippen LogP contribution >= 0.6 is 0 Å². The molecule has 0 bridgehead atoms. The van der Waals surface area contributed by atoms with Crippen LogP contribution in [0.2, 0.25) is 0 Å². The summed E-state index contributed by atoms with van der Waals surface area (Å²) in [6.07, 6.45) is 3.52. The van der Waals surface area contributed by atoms with Crippen LogP contribution in [0, 0.1) is 5.82 Å². The predicted octanol–water partition coefficient (Wildman–Crippen LogP) is 2.31. The summed E-state index contributed by atoms with van der Waals surface area (Å²) < 4.78 is 19.2. The highest BCUT2D eigenvalue weighted by molar-refractivity contribution is 5.90. The van der Waals surface area contributed by atoms with Gasteiger partial charge < -0.3 is 14.5 Å². The minimum atomic E-state index is -0.503. The Morgan fingerprint density at radius 1 is 1.33 bits per heavy atom. The summed E-state index contributed by atoms with van der Waals surface area (Å²) >= 11 is 0. The van der Waals surface area contributed by atoms with Crippen molar-refractivity contribution < 1.29 is 13.9 Å². The number of esters is 1. The van der Waals surface area contributed by atoms with E-state index in [9.17, 15) is 9.18 Å². The van der Waals surface area contributed by atoms with Crippen molar-refractivity contribution in [2.45, 2.75) is 6.92 Å². The van der Waals surface area contributed by atoms with Gasteiger partial charge in [-0.15, -0.1) is 0 Å². The van der Waals surface area contributed by atoms with Gasteiger partial charge in [0.15, 0.2) is 0 Å². The highest BCUT2D eigenvalue weighted by Gasteiger charge is 2.18. The van der Waals surface area contributed by atoms with E-state index < -0.39 is 5.97 Å². The van der Waals surface area contributed by atoms with E-state index >= 15 is 0 Å². The molecule has 1 saturated heterocycles. The van der Waals surface area contributed by atoms with Crippen LogP contribution in [0.15, 0.2) is 30.4 Å². The number of likely N-dealkylation sites (N-methyl/N-ethyl adjacent to an activating group) is 1. The third kappa shape index (κ3) is 4.04. The van der Waals surface area contributed by atoms with Gasteiger partial charge >= 0.3 is 5.97 Å². The van der Waals surface area contributed by atoms with Crippen LogP contribution < -0.4 is 4.90 Å². The predicted molar refractivity (Wildman–Crippen MR) is 81.2 cm³/mol. The van der Waals surface area contributed by atoms with Crippen molar-refractivity contribution in [1.82, 2.24) is 4.90 Å². The van der Waals surface area contributed by atoms with Crippen molar-refractivity contribution in [3.63, 3.8) is 0 Å². The number of anilines is 1. The summed E-state index contributed by atoms with van der Waals surface area (Å²) in [6, 6.07) is 4.54. The molecule has 5 heteroatoms. The maximum Gasteiger partial charge on any atom is 0.338 e. The fourth-order valence-corrected chi connectivity index (χ4v) is 2.24. The lowest BCUT2D eigenvalue weighted by Gasteiger charge is -2.34. The number of rotatable bonds is 4. The van der Waals surface area contributed by atoms with Gasteiger partial charge in [-0.05, 0) is 32.2 Å². The van der Waals surface area contributed by atoms with Crippen molar-refractivity contribution >= 4 is 11.7 Å². The zero-order valence-corrected chi connectivity index (χ0v) is 12.5. The molecule has 1 fully saturated rings. The normalized spacial score (nSPS) is 16.4. The second kappa shape index (κ2) is 7.22. The number of allylic oxidation sites excluding steroid dienone is 1. The molecule has 0 saturated carbocycles. The van der Waals surface area contributed by atoms with Crippen LogP contribution in [0.25, 0.3) is 0 Å². The van der Waals surface area contributed by atoms with Crippen molar-refractivity contribution in [1.29, 1.82) is 0 Å². The van der Waals surface area contributed by atoms with Crippen LogP contribution in [0.4, 0.5) is 10.1 Å². The Bertz CT molecular complexity index is 523. The first-order valence-electron chi connectivity index (χ1n) is 7.13. The zero-order valence-electron chi connectivity index (χ0n) is 12.5. The fourth-order valence-electron chi connectivity index (χ4n) is 2.24. The molecule has 0 radical (unpaired) electrons. The SMILES string of the molecule is CC=CCOC(=O)c1ccc(N2CCN(C)CC2)c(F)c1. The van der Waals surface area contributed by atoms with E-state index in [1.807, 2.05) is 11.8 Å². The van der Waals surface area contributed by atoms with Crippen LogP contribution in [0.3, 0.4) is 0 Å². The molecular weight excluding hydrogens is 271 g/mol. The molecule has 0 aliphatic carbocycles. The van der Waals surface area contributed by atoms with Gasteiger partial charge in [0.1, 0.15) is 12.4 Å². The molecule has 1 aliphatic rings. The molecule has 0 N–H and O–H groups in total. The van der Waals surface area contributed by atoms with Crippen LogP contribution in [-0.4, -0.2) is 50.7 Å². The van der Waals surface area contributed by atoms with E-state index in [0.29, 0.717) is 5.69 Å². The van der Waals surface area contributed by atoms with Gasteiger partial charge in [-0.25, -0.2) is 9.18 Å². The molecule has 1 heterocycles. The van der Waals surface area contributed by atoms with Crippen molar-refractivity contribution in [3.05, 3.63) is 41.7 Å². The van der Waals surface area contributed by atoms with Crippen LogP contribution in [-0.2, 0) is 4.74 Å². The van der Waals surface area contributed by atoms with E-state index in [1.165, 1.54) is 6.07 Å². The molecular formula is C16H21FN2O2. The molecule has 2 rings (SSSR count). The molecule has 1 aromatic rings. The maximum absolute atomic E-state index is 14.2. The second-order valence-corrected chi connectivity index (χ2v) is 5.12. The van der Waals surface area contributed by atoms with Gasteiger partial charge in [0.2, 0.25) is 0 Å². The fraction of sp³-hybridized carbons (Fsp3) is 0.438. The Morgan fingerprint density at radius 2 is 2.05 bits per heavy atom. The summed E-state index contributed by atoms with van der Waals surface area (Å²) in [5, 5.41) is 0. The summed E-state index contributed by atoms with van der Waals surface area (Å²) in [5.74, 6) is -0.878. The Hall–Kier alpha value is -1.88. The van der Waals surface area contributed by atoms with E-state index in [0.717, 1.165) is 26.2 Å². The summed E-state index contributed by atoms with van der Waals surface area (Å²) in [6.45, 7) is 5.45. The number of hydrogen-bond acceptors (Lipinski definition) is 4. The van der Waals surface area contributed by atoms with Gasteiger partial charge in [-0.3, -0.25) is 0 Å². The summed E-state index contributed by atoms with van der Waals surface area (Å²) in [4.78, 5) is 16.0. The molecule has 4 nitrogen and oxygen atoms in total. The molecule has 0 aromatic heterocycles. The van der Waals surface area contributed by atoms with Crippen molar-refractivity contribution in [3.8, 4) is 0 Å². The topological polar surface area (TPSA) is 32.8 Å². The maximum atomic E-state index is 14.2. The van der Waals surface area contributed by atoms with E-state index in [2.05, 4.69) is 11.9 Å². The number of piperazine rings is 1. The van der Waals surface area contributed by atoms with Crippen LogP contribution in [0.5, 0.6) is 0 Å². The molecule has 0 amide bonds. The monoisotopic (exact) mass is 292 g/mol. The lowest BCUT2D eigenvalue weighted by atomic mass is 10.1. The third-order valence-corrected chi connectivity index (χ3v) is 3.57. The lowest BCUT2D eigenvalue weighted by Crippen LogP contribution is -2.44. The minimum absolute atomic E-state index is 0.206. The number of carbonyl (C=O) groups is 1. The highest BCUT2D eigenvalue weighted by atomic mass is 19.1. The van der Waals surface area contributed by atoms with Gasteiger partial charge in [0.25, 0.3) is 0 Å². The van der Waals surface area contributed by atoms with E-state index in [4.69, 9.17) is 4.74 Å². The number of nitrogens with zero attached hydrogens (tertiary/aromatic N) is 2. The van der Waals surface area contributed by atoms with Crippen molar-refractivity contribution in [2.24, 2.45) is 0 Å².